The van der Waals surface area contributed by atoms with Crippen LogP contribution in [0.4, 0.5) is 10.2 Å². The number of halogens is 1. The molecule has 1 aliphatic heterocycles. The first kappa shape index (κ1) is 12.8. The topological polar surface area (TPSA) is 62.7 Å². The van der Waals surface area contributed by atoms with Crippen LogP contribution in [0.2, 0.25) is 0 Å². The zero-order chi connectivity index (χ0) is 13.3. The van der Waals surface area contributed by atoms with E-state index in [9.17, 15) is 9.18 Å². The molecular weight excluding hydrogens is 239 g/mol. The maximum absolute atomic E-state index is 13.1. The molecular formula is C12H15FN2O3. The van der Waals surface area contributed by atoms with Gasteiger partial charge in [-0.15, -0.1) is 0 Å². The van der Waals surface area contributed by atoms with Crippen LogP contribution in [0.15, 0.2) is 12.3 Å². The van der Waals surface area contributed by atoms with Gasteiger partial charge in [0.15, 0.2) is 0 Å². The number of pyridine rings is 1. The van der Waals surface area contributed by atoms with Crippen LogP contribution >= 0.6 is 0 Å². The summed E-state index contributed by atoms with van der Waals surface area (Å²) in [6.45, 7) is 4.91. The van der Waals surface area contributed by atoms with Gasteiger partial charge in [-0.05, 0) is 19.9 Å². The Morgan fingerprint density at radius 3 is 2.67 bits per heavy atom. The summed E-state index contributed by atoms with van der Waals surface area (Å²) in [6.07, 6.45) is 1.01. The van der Waals surface area contributed by atoms with Gasteiger partial charge in [0.25, 0.3) is 0 Å². The average Bonchev–Trinajstić information content (AvgIpc) is 2.27. The van der Waals surface area contributed by atoms with E-state index in [1.807, 2.05) is 18.7 Å². The third-order valence-electron chi connectivity index (χ3n) is 2.78. The van der Waals surface area contributed by atoms with Gasteiger partial charge in [-0.1, -0.05) is 0 Å². The van der Waals surface area contributed by atoms with Crippen LogP contribution in [0.5, 0.6) is 0 Å². The predicted octanol–water partition coefficient (Wildman–Crippen LogP) is 1.53. The highest BCUT2D eigenvalue weighted by Crippen LogP contribution is 2.22. The molecule has 2 atom stereocenters. The molecule has 0 aliphatic carbocycles. The third-order valence-corrected chi connectivity index (χ3v) is 2.78. The van der Waals surface area contributed by atoms with Crippen molar-refractivity contribution in [1.29, 1.82) is 0 Å². The molecule has 0 radical (unpaired) electrons. The van der Waals surface area contributed by atoms with Crippen molar-refractivity contribution in [3.63, 3.8) is 0 Å². The molecule has 2 rings (SSSR count). The van der Waals surface area contributed by atoms with Crippen LogP contribution in [0, 0.1) is 5.82 Å². The normalized spacial score (nSPS) is 24.1. The minimum Gasteiger partial charge on any atom is -0.478 e. The quantitative estimate of drug-likeness (QED) is 0.867. The summed E-state index contributed by atoms with van der Waals surface area (Å²) in [4.78, 5) is 16.8. The van der Waals surface area contributed by atoms with E-state index in [0.717, 1.165) is 12.3 Å². The average molecular weight is 254 g/mol. The second-order valence-corrected chi connectivity index (χ2v) is 4.49. The summed E-state index contributed by atoms with van der Waals surface area (Å²) < 4.78 is 18.6. The van der Waals surface area contributed by atoms with Crippen molar-refractivity contribution < 1.29 is 19.0 Å². The Labute approximate surface area is 104 Å². The lowest BCUT2D eigenvalue weighted by molar-refractivity contribution is -0.00557. The minimum absolute atomic E-state index is 0.0118. The summed E-state index contributed by atoms with van der Waals surface area (Å²) in [7, 11) is 0. The Balaban J connectivity index is 2.35. The van der Waals surface area contributed by atoms with Gasteiger partial charge in [0.05, 0.1) is 18.4 Å². The van der Waals surface area contributed by atoms with E-state index in [1.54, 1.807) is 0 Å². The number of hydrogen-bond donors (Lipinski definition) is 1. The van der Waals surface area contributed by atoms with Crippen LogP contribution in [0.3, 0.4) is 0 Å². The number of nitrogens with zero attached hydrogens (tertiary/aromatic N) is 2. The van der Waals surface area contributed by atoms with Gasteiger partial charge in [0.1, 0.15) is 17.2 Å². The molecule has 1 aliphatic rings. The second-order valence-electron chi connectivity index (χ2n) is 4.49. The molecule has 6 heteroatoms. The minimum atomic E-state index is -1.18. The molecule has 98 valence electrons. The summed E-state index contributed by atoms with van der Waals surface area (Å²) >= 11 is 0. The third kappa shape index (κ3) is 2.59. The molecule has 0 amide bonds. The summed E-state index contributed by atoms with van der Waals surface area (Å²) in [5.74, 6) is -1.53. The lowest BCUT2D eigenvalue weighted by Crippen LogP contribution is -2.46. The van der Waals surface area contributed by atoms with Gasteiger partial charge in [-0.3, -0.25) is 0 Å². The first-order valence-corrected chi connectivity index (χ1v) is 5.76. The number of carboxylic acids is 1. The summed E-state index contributed by atoms with van der Waals surface area (Å²) in [5.41, 5.74) is -0.115. The van der Waals surface area contributed by atoms with Crippen molar-refractivity contribution in [3.8, 4) is 0 Å². The molecule has 5 nitrogen and oxygen atoms in total. The SMILES string of the molecule is C[C@@H]1CN(c2ncc(F)cc2C(=O)O)C[C@H](C)O1. The molecule has 2 heterocycles. The van der Waals surface area contributed by atoms with E-state index < -0.39 is 11.8 Å². The number of hydrogen-bond acceptors (Lipinski definition) is 4. The maximum Gasteiger partial charge on any atom is 0.339 e. The van der Waals surface area contributed by atoms with Crippen molar-refractivity contribution >= 4 is 11.8 Å². The van der Waals surface area contributed by atoms with Crippen molar-refractivity contribution in [3.05, 3.63) is 23.6 Å². The number of carbonyl (C=O) groups is 1. The van der Waals surface area contributed by atoms with E-state index in [2.05, 4.69) is 4.98 Å². The second kappa shape index (κ2) is 4.89. The number of ether oxygens (including phenoxy) is 1. The Morgan fingerprint density at radius 2 is 2.11 bits per heavy atom. The van der Waals surface area contributed by atoms with Crippen LogP contribution in [0.25, 0.3) is 0 Å². The van der Waals surface area contributed by atoms with Gasteiger partial charge >= 0.3 is 5.97 Å². The fourth-order valence-corrected chi connectivity index (χ4v) is 2.19. The molecule has 1 fully saturated rings. The first-order chi connectivity index (χ1) is 8.47. The number of morpholine rings is 1. The number of aromatic carboxylic acids is 1. The summed E-state index contributed by atoms with van der Waals surface area (Å²) in [5, 5.41) is 9.09. The zero-order valence-electron chi connectivity index (χ0n) is 10.3. The Bertz CT molecular complexity index is 457. The number of rotatable bonds is 2. The maximum atomic E-state index is 13.1. The van der Waals surface area contributed by atoms with Crippen LogP contribution in [-0.4, -0.2) is 41.4 Å². The van der Waals surface area contributed by atoms with Crippen molar-refractivity contribution in [2.75, 3.05) is 18.0 Å². The highest BCUT2D eigenvalue weighted by atomic mass is 19.1. The Morgan fingerprint density at radius 1 is 1.50 bits per heavy atom. The monoisotopic (exact) mass is 254 g/mol. The fourth-order valence-electron chi connectivity index (χ4n) is 2.19. The van der Waals surface area contributed by atoms with Gasteiger partial charge in [0, 0.05) is 13.1 Å². The van der Waals surface area contributed by atoms with Crippen LogP contribution in [0.1, 0.15) is 24.2 Å². The van der Waals surface area contributed by atoms with Crippen molar-refractivity contribution in [1.82, 2.24) is 4.98 Å². The lowest BCUT2D eigenvalue weighted by Gasteiger charge is -2.36. The van der Waals surface area contributed by atoms with Gasteiger partial charge in [-0.25, -0.2) is 14.2 Å². The molecule has 0 spiro atoms. The lowest BCUT2D eigenvalue weighted by atomic mass is 10.2. The van der Waals surface area contributed by atoms with Crippen molar-refractivity contribution in [2.24, 2.45) is 0 Å². The molecule has 1 N–H and O–H groups in total. The first-order valence-electron chi connectivity index (χ1n) is 5.76. The summed E-state index contributed by atoms with van der Waals surface area (Å²) in [6, 6.07) is 0.995. The van der Waals surface area contributed by atoms with E-state index >= 15 is 0 Å². The standard InChI is InChI=1S/C12H15FN2O3/c1-7-5-15(6-8(2)18-7)11-10(12(16)17)3-9(13)4-14-11/h3-4,7-8H,5-6H2,1-2H3,(H,16,17)/t7-,8+. The Kier molecular flexibility index (Phi) is 3.47. The number of aromatic nitrogens is 1. The smallest absolute Gasteiger partial charge is 0.339 e. The van der Waals surface area contributed by atoms with Gasteiger partial charge in [0.2, 0.25) is 0 Å². The molecule has 0 unspecified atom stereocenters. The molecule has 1 aromatic heterocycles. The largest absolute Gasteiger partial charge is 0.478 e. The number of anilines is 1. The van der Waals surface area contributed by atoms with Crippen LogP contribution < -0.4 is 4.90 Å². The van der Waals surface area contributed by atoms with Gasteiger partial charge in [-0.2, -0.15) is 0 Å². The van der Waals surface area contributed by atoms with E-state index in [4.69, 9.17) is 9.84 Å². The predicted molar refractivity (Wildman–Crippen MR) is 63.4 cm³/mol. The molecule has 18 heavy (non-hydrogen) atoms. The zero-order valence-corrected chi connectivity index (χ0v) is 10.3. The van der Waals surface area contributed by atoms with Crippen molar-refractivity contribution in [2.45, 2.75) is 26.1 Å². The molecule has 1 saturated heterocycles. The fraction of sp³-hybridized carbons (Fsp3) is 0.500. The van der Waals surface area contributed by atoms with E-state index in [0.29, 0.717) is 18.9 Å². The van der Waals surface area contributed by atoms with E-state index in [1.165, 1.54) is 0 Å². The molecule has 0 saturated carbocycles. The van der Waals surface area contributed by atoms with Gasteiger partial charge < -0.3 is 14.7 Å². The molecule has 1 aromatic rings. The highest BCUT2D eigenvalue weighted by molar-refractivity contribution is 5.93. The number of carboxylic acid groups (broad SMARTS) is 1. The van der Waals surface area contributed by atoms with Crippen LogP contribution in [-0.2, 0) is 4.74 Å². The molecule has 0 aromatic carbocycles. The Hall–Kier alpha value is -1.69. The highest BCUT2D eigenvalue weighted by Gasteiger charge is 2.26. The molecule has 0 bridgehead atoms. The van der Waals surface area contributed by atoms with E-state index in [-0.39, 0.29) is 17.8 Å².